The van der Waals surface area contributed by atoms with Gasteiger partial charge in [-0.3, -0.25) is 0 Å². The van der Waals surface area contributed by atoms with Crippen LogP contribution in [0.4, 0.5) is 0 Å². The number of hydrogen-bond acceptors (Lipinski definition) is 1. The first-order chi connectivity index (χ1) is 12.2. The lowest BCUT2D eigenvalue weighted by atomic mass is 9.86. The van der Waals surface area contributed by atoms with Crippen LogP contribution in [0.5, 0.6) is 0 Å². The summed E-state index contributed by atoms with van der Waals surface area (Å²) in [5.74, 6) is 0. The molecule has 0 bridgehead atoms. The number of benzene rings is 4. The van der Waals surface area contributed by atoms with Gasteiger partial charge in [0.05, 0.1) is 0 Å². The highest BCUT2D eigenvalue weighted by atomic mass is 14.9. The van der Waals surface area contributed by atoms with Gasteiger partial charge in [0.2, 0.25) is 0 Å². The molecule has 0 unspecified atom stereocenters. The number of nitrogens with one attached hydrogen (secondary N) is 1. The molecule has 2 atom stereocenters. The Labute approximate surface area is 148 Å². The Kier molecular flexibility index (Phi) is 3.19. The van der Waals surface area contributed by atoms with Crippen molar-refractivity contribution in [3.05, 3.63) is 83.9 Å². The average molecular weight is 323 g/mol. The minimum Gasteiger partial charge on any atom is -0.304 e. The third-order valence-electron chi connectivity index (χ3n) is 5.61. The molecule has 4 aromatic carbocycles. The van der Waals surface area contributed by atoms with E-state index in [2.05, 4.69) is 92.0 Å². The lowest BCUT2D eigenvalue weighted by Crippen LogP contribution is -2.20. The molecule has 1 aliphatic heterocycles. The molecular weight excluding hydrogens is 302 g/mol. The molecule has 0 aromatic heterocycles. The fourth-order valence-corrected chi connectivity index (χ4v) is 4.41. The summed E-state index contributed by atoms with van der Waals surface area (Å²) < 4.78 is 0. The molecule has 0 amide bonds. The third-order valence-corrected chi connectivity index (χ3v) is 5.61. The summed E-state index contributed by atoms with van der Waals surface area (Å²) >= 11 is 0. The Balaban J connectivity index is 2.03. The second-order valence-corrected chi connectivity index (χ2v) is 7.11. The van der Waals surface area contributed by atoms with Crippen LogP contribution >= 0.6 is 0 Å². The first-order valence-electron chi connectivity index (χ1n) is 9.04. The van der Waals surface area contributed by atoms with Crippen molar-refractivity contribution >= 4 is 21.5 Å². The van der Waals surface area contributed by atoms with Gasteiger partial charge in [-0.25, -0.2) is 0 Å². The Morgan fingerprint density at radius 2 is 1.00 bits per heavy atom. The molecule has 1 N–H and O–H groups in total. The highest BCUT2D eigenvalue weighted by molar-refractivity contribution is 6.08. The molecule has 0 radical (unpaired) electrons. The normalized spacial score (nSPS) is 19.4. The molecule has 1 heterocycles. The van der Waals surface area contributed by atoms with E-state index in [0.717, 1.165) is 0 Å². The van der Waals surface area contributed by atoms with Gasteiger partial charge in [0.1, 0.15) is 0 Å². The summed E-state index contributed by atoms with van der Waals surface area (Å²) in [5.41, 5.74) is 5.57. The molecule has 25 heavy (non-hydrogen) atoms. The Morgan fingerprint density at radius 3 is 1.48 bits per heavy atom. The second-order valence-electron chi connectivity index (χ2n) is 7.11. The van der Waals surface area contributed by atoms with Gasteiger partial charge in [-0.1, -0.05) is 72.8 Å². The molecule has 1 heteroatoms. The van der Waals surface area contributed by atoms with Crippen molar-refractivity contribution < 1.29 is 0 Å². The fraction of sp³-hybridized carbons (Fsp3) is 0.167. The smallest absolute Gasteiger partial charge is 0.0303 e. The van der Waals surface area contributed by atoms with Crippen molar-refractivity contribution in [2.45, 2.75) is 25.9 Å². The van der Waals surface area contributed by atoms with E-state index in [1.54, 1.807) is 0 Å². The van der Waals surface area contributed by atoms with Crippen LogP contribution in [0.3, 0.4) is 0 Å². The molecule has 1 aliphatic rings. The molecule has 1 nitrogen and oxygen atoms in total. The van der Waals surface area contributed by atoms with Crippen molar-refractivity contribution in [2.75, 3.05) is 0 Å². The fourth-order valence-electron chi connectivity index (χ4n) is 4.41. The highest BCUT2D eigenvalue weighted by Crippen LogP contribution is 2.45. The van der Waals surface area contributed by atoms with Crippen LogP contribution in [-0.2, 0) is 0 Å². The van der Waals surface area contributed by atoms with E-state index in [1.165, 1.54) is 43.8 Å². The van der Waals surface area contributed by atoms with Crippen LogP contribution in [0.25, 0.3) is 32.7 Å². The van der Waals surface area contributed by atoms with Gasteiger partial charge in [0, 0.05) is 12.1 Å². The van der Waals surface area contributed by atoms with E-state index in [1.807, 2.05) is 0 Å². The summed E-state index contributed by atoms with van der Waals surface area (Å²) in [6, 6.07) is 27.3. The van der Waals surface area contributed by atoms with Crippen LogP contribution < -0.4 is 5.32 Å². The zero-order valence-corrected chi connectivity index (χ0v) is 14.6. The molecule has 0 saturated carbocycles. The maximum absolute atomic E-state index is 3.78. The summed E-state index contributed by atoms with van der Waals surface area (Å²) in [6.07, 6.45) is 0. The zero-order valence-electron chi connectivity index (χ0n) is 14.6. The third kappa shape index (κ3) is 2.13. The minimum absolute atomic E-state index is 0.320. The number of fused-ring (bicyclic) bond motifs is 7. The minimum atomic E-state index is 0.320. The second kappa shape index (κ2) is 5.44. The van der Waals surface area contributed by atoms with Crippen LogP contribution in [0, 0.1) is 0 Å². The van der Waals surface area contributed by atoms with E-state index in [0.29, 0.717) is 12.1 Å². The Hall–Kier alpha value is -2.64. The molecule has 0 saturated heterocycles. The lowest BCUT2D eigenvalue weighted by molar-refractivity contribution is 0.502. The first-order valence-corrected chi connectivity index (χ1v) is 9.04. The van der Waals surface area contributed by atoms with Crippen LogP contribution in [0.2, 0.25) is 0 Å². The van der Waals surface area contributed by atoms with Gasteiger partial charge in [0.15, 0.2) is 0 Å². The molecule has 4 aromatic rings. The van der Waals surface area contributed by atoms with E-state index < -0.39 is 0 Å². The first kappa shape index (κ1) is 14.7. The van der Waals surface area contributed by atoms with Crippen molar-refractivity contribution in [3.8, 4) is 11.1 Å². The molecular formula is C24H21N. The number of rotatable bonds is 0. The van der Waals surface area contributed by atoms with E-state index in [-0.39, 0.29) is 0 Å². The maximum atomic E-state index is 3.78. The van der Waals surface area contributed by atoms with Gasteiger partial charge in [-0.15, -0.1) is 0 Å². The van der Waals surface area contributed by atoms with E-state index in [4.69, 9.17) is 0 Å². The van der Waals surface area contributed by atoms with Gasteiger partial charge in [0.25, 0.3) is 0 Å². The van der Waals surface area contributed by atoms with E-state index in [9.17, 15) is 0 Å². The highest BCUT2D eigenvalue weighted by Gasteiger charge is 2.26. The predicted octanol–water partition coefficient (Wildman–Crippen LogP) is 6.39. The molecule has 5 rings (SSSR count). The van der Waals surface area contributed by atoms with Gasteiger partial charge in [-0.05, 0) is 57.6 Å². The molecule has 0 spiro atoms. The quantitative estimate of drug-likeness (QED) is 0.395. The average Bonchev–Trinajstić information content (AvgIpc) is 2.76. The molecule has 122 valence electrons. The van der Waals surface area contributed by atoms with Crippen molar-refractivity contribution in [1.82, 2.24) is 5.32 Å². The van der Waals surface area contributed by atoms with Crippen LogP contribution in [0.1, 0.15) is 37.1 Å². The largest absolute Gasteiger partial charge is 0.304 e. The molecule has 0 aliphatic carbocycles. The summed E-state index contributed by atoms with van der Waals surface area (Å²) in [6.45, 7) is 4.55. The van der Waals surface area contributed by atoms with Crippen molar-refractivity contribution in [2.24, 2.45) is 0 Å². The number of hydrogen-bond donors (Lipinski definition) is 1. The van der Waals surface area contributed by atoms with Crippen LogP contribution in [0.15, 0.2) is 72.8 Å². The van der Waals surface area contributed by atoms with Crippen molar-refractivity contribution in [3.63, 3.8) is 0 Å². The molecule has 0 fully saturated rings. The summed E-state index contributed by atoms with van der Waals surface area (Å²) in [7, 11) is 0. The van der Waals surface area contributed by atoms with Crippen LogP contribution in [-0.4, -0.2) is 0 Å². The predicted molar refractivity (Wildman–Crippen MR) is 107 cm³/mol. The Bertz CT molecular complexity index is 1020. The van der Waals surface area contributed by atoms with Crippen molar-refractivity contribution in [1.29, 1.82) is 0 Å². The van der Waals surface area contributed by atoms with E-state index >= 15 is 0 Å². The van der Waals surface area contributed by atoms with Gasteiger partial charge >= 0.3 is 0 Å². The Morgan fingerprint density at radius 1 is 0.560 bits per heavy atom. The van der Waals surface area contributed by atoms with Gasteiger partial charge in [-0.2, -0.15) is 0 Å². The zero-order chi connectivity index (χ0) is 17.0. The maximum Gasteiger partial charge on any atom is 0.0303 e. The topological polar surface area (TPSA) is 12.0 Å². The SMILES string of the molecule is C[C@H]1N[C@H](C)c2ccc3ccccc3c2-c2c1ccc1ccccc21. The lowest BCUT2D eigenvalue weighted by Gasteiger charge is -2.18. The standard InChI is InChI=1S/C24H21N/c1-15-19-13-11-17-7-3-5-9-21(17)23(19)24-20(16(2)25-15)14-12-18-8-4-6-10-22(18)24/h3-16,25H,1-2H3/t15-,16-/m1/s1. The van der Waals surface area contributed by atoms with Gasteiger partial charge < -0.3 is 5.32 Å². The summed E-state index contributed by atoms with van der Waals surface area (Å²) in [4.78, 5) is 0. The monoisotopic (exact) mass is 323 g/mol. The summed E-state index contributed by atoms with van der Waals surface area (Å²) in [5, 5.41) is 9.09.